The zero-order chi connectivity index (χ0) is 25.9. The first-order valence-corrected chi connectivity index (χ1v) is 14.4. The first-order valence-electron chi connectivity index (χ1n) is 12.7. The molecule has 36 heavy (non-hydrogen) atoms. The zero-order valence-corrected chi connectivity index (χ0v) is 21.5. The molecule has 3 N–H and O–H groups in total. The quantitative estimate of drug-likeness (QED) is 0.403. The molecule has 4 rings (SSSR count). The minimum Gasteiger partial charge on any atom is -0.381 e. The Kier molecular flexibility index (Phi) is 8.49. The van der Waals surface area contributed by atoms with E-state index in [4.69, 9.17) is 4.74 Å². The number of sulfonamides is 1. The van der Waals surface area contributed by atoms with E-state index in [0.717, 1.165) is 18.9 Å². The lowest BCUT2D eigenvalue weighted by Gasteiger charge is -2.47. The highest BCUT2D eigenvalue weighted by Crippen LogP contribution is 2.49. The molecule has 0 bridgehead atoms. The Morgan fingerprint density at radius 3 is 2.69 bits per heavy atom. The number of hydrogen-bond acceptors (Lipinski definition) is 5. The number of ether oxygens (including phenoxy) is 1. The molecular formula is C26H36F3N3O3S. The number of halogens is 3. The van der Waals surface area contributed by atoms with Gasteiger partial charge in [-0.25, -0.2) is 13.1 Å². The maximum absolute atomic E-state index is 13.5. The number of benzene rings is 1. The third-order valence-corrected chi connectivity index (χ3v) is 8.60. The molecule has 3 aliphatic rings. The Bertz CT molecular complexity index is 1070. The highest BCUT2D eigenvalue weighted by atomic mass is 32.2. The van der Waals surface area contributed by atoms with E-state index in [1.807, 2.05) is 26.0 Å². The first-order chi connectivity index (χ1) is 17.0. The molecule has 200 valence electrons. The van der Waals surface area contributed by atoms with Gasteiger partial charge in [0.15, 0.2) is 0 Å². The van der Waals surface area contributed by atoms with Crippen molar-refractivity contribution < 1.29 is 26.3 Å². The largest absolute Gasteiger partial charge is 0.416 e. The molecule has 10 heteroatoms. The van der Waals surface area contributed by atoms with Crippen molar-refractivity contribution in [3.8, 4) is 0 Å². The lowest BCUT2D eigenvalue weighted by molar-refractivity contribution is -0.138. The molecule has 2 aliphatic heterocycles. The molecule has 0 spiro atoms. The second-order valence-electron chi connectivity index (χ2n) is 10.2. The molecule has 0 aromatic heterocycles. The van der Waals surface area contributed by atoms with Crippen molar-refractivity contribution in [2.45, 2.75) is 70.0 Å². The molecule has 6 nitrogen and oxygen atoms in total. The van der Waals surface area contributed by atoms with Crippen molar-refractivity contribution >= 4 is 15.7 Å². The summed E-state index contributed by atoms with van der Waals surface area (Å²) >= 11 is 0. The maximum Gasteiger partial charge on any atom is 0.416 e. The summed E-state index contributed by atoms with van der Waals surface area (Å²) in [5, 5.41) is 6.70. The van der Waals surface area contributed by atoms with Gasteiger partial charge in [0, 0.05) is 41.7 Å². The zero-order valence-electron chi connectivity index (χ0n) is 20.7. The summed E-state index contributed by atoms with van der Waals surface area (Å²) in [6.07, 6.45) is 5.56. The van der Waals surface area contributed by atoms with Crippen molar-refractivity contribution in [2.75, 3.05) is 24.2 Å². The lowest BCUT2D eigenvalue weighted by atomic mass is 9.73. The van der Waals surface area contributed by atoms with Gasteiger partial charge in [-0.2, -0.15) is 13.2 Å². The van der Waals surface area contributed by atoms with Gasteiger partial charge in [0.05, 0.1) is 23.5 Å². The molecule has 2 heterocycles. The van der Waals surface area contributed by atoms with E-state index in [1.165, 1.54) is 12.1 Å². The number of alkyl halides is 3. The van der Waals surface area contributed by atoms with Crippen LogP contribution in [0.15, 0.2) is 42.5 Å². The smallest absolute Gasteiger partial charge is 0.381 e. The molecule has 1 saturated heterocycles. The number of allylic oxidation sites excluding steroid dienone is 3. The first kappa shape index (κ1) is 27.2. The summed E-state index contributed by atoms with van der Waals surface area (Å²) in [7, 11) is -3.47. The minimum atomic E-state index is -4.45. The average molecular weight is 528 g/mol. The summed E-state index contributed by atoms with van der Waals surface area (Å²) in [5.41, 5.74) is 0.437. The van der Waals surface area contributed by atoms with Gasteiger partial charge in [-0.05, 0) is 50.4 Å². The van der Waals surface area contributed by atoms with Crippen molar-refractivity contribution in [1.82, 2.24) is 10.0 Å². The summed E-state index contributed by atoms with van der Waals surface area (Å²) in [4.78, 5) is 0. The summed E-state index contributed by atoms with van der Waals surface area (Å²) in [6, 6.07) is 4.08. The highest BCUT2D eigenvalue weighted by Gasteiger charge is 2.45. The van der Waals surface area contributed by atoms with Gasteiger partial charge in [-0.1, -0.05) is 38.2 Å². The molecule has 0 saturated carbocycles. The number of hydrogen-bond donors (Lipinski definition) is 3. The molecule has 1 aliphatic carbocycles. The summed E-state index contributed by atoms with van der Waals surface area (Å²) in [6.45, 7) is 4.73. The van der Waals surface area contributed by atoms with Crippen LogP contribution in [0.3, 0.4) is 0 Å². The number of anilines is 1. The molecular weight excluding hydrogens is 491 g/mol. The SMILES string of the molecule is CC(C)NCCCS(=O)(=O)NC[C@H]1CC[C@@H]2[C@H](O1)c1cc(C(F)(F)F)ccc1N[C@H]2C1C=CC=CC1. The van der Waals surface area contributed by atoms with Gasteiger partial charge < -0.3 is 15.4 Å². The maximum atomic E-state index is 13.5. The Balaban J connectivity index is 1.48. The monoisotopic (exact) mass is 527 g/mol. The Labute approximate surface area is 211 Å². The molecule has 0 amide bonds. The van der Waals surface area contributed by atoms with Gasteiger partial charge in [0.25, 0.3) is 0 Å². The Hall–Kier alpha value is -1.88. The van der Waals surface area contributed by atoms with Crippen molar-refractivity contribution in [2.24, 2.45) is 11.8 Å². The molecule has 1 aromatic rings. The highest BCUT2D eigenvalue weighted by molar-refractivity contribution is 7.89. The van der Waals surface area contributed by atoms with E-state index >= 15 is 0 Å². The van der Waals surface area contributed by atoms with Crippen LogP contribution in [0.25, 0.3) is 0 Å². The van der Waals surface area contributed by atoms with Crippen LogP contribution in [-0.4, -0.2) is 45.4 Å². The third kappa shape index (κ3) is 6.70. The predicted octanol–water partition coefficient (Wildman–Crippen LogP) is 4.78. The van der Waals surface area contributed by atoms with Crippen molar-refractivity contribution in [3.63, 3.8) is 0 Å². The van der Waals surface area contributed by atoms with E-state index in [1.54, 1.807) is 0 Å². The lowest BCUT2D eigenvalue weighted by Crippen LogP contribution is -2.48. The van der Waals surface area contributed by atoms with E-state index in [-0.39, 0.29) is 30.2 Å². The van der Waals surface area contributed by atoms with E-state index in [0.29, 0.717) is 36.7 Å². The molecule has 5 atom stereocenters. The predicted molar refractivity (Wildman–Crippen MR) is 135 cm³/mol. The van der Waals surface area contributed by atoms with Gasteiger partial charge in [0.2, 0.25) is 10.0 Å². The Morgan fingerprint density at radius 1 is 1.19 bits per heavy atom. The summed E-state index contributed by atoms with van der Waals surface area (Å²) < 4.78 is 74.4. The second kappa shape index (κ2) is 11.2. The van der Waals surface area contributed by atoms with Crippen molar-refractivity contribution in [1.29, 1.82) is 0 Å². The van der Waals surface area contributed by atoms with Crippen LogP contribution in [0.5, 0.6) is 0 Å². The molecule has 0 radical (unpaired) electrons. The Morgan fingerprint density at radius 2 is 2.00 bits per heavy atom. The van der Waals surface area contributed by atoms with Crippen LogP contribution in [0, 0.1) is 11.8 Å². The average Bonchev–Trinajstić information content (AvgIpc) is 2.84. The van der Waals surface area contributed by atoms with Crippen LogP contribution in [-0.2, 0) is 20.9 Å². The van der Waals surface area contributed by atoms with Gasteiger partial charge in [-0.3, -0.25) is 0 Å². The fourth-order valence-corrected chi connectivity index (χ4v) is 6.46. The number of fused-ring (bicyclic) bond motifs is 3. The standard InChI is InChI=1S/C26H36F3N3O3S/c1-17(2)30-13-6-14-36(33,34)31-16-20-10-11-21-24(18-7-4-3-5-8-18)32-23-12-9-19(26(27,28)29)15-22(23)25(21)35-20/h3-5,7,9,12,15,17-18,20-21,24-25,30-32H,6,8,10-11,13-14,16H2,1-2H3/t18?,20-,21+,24+,25+/m1/s1. The van der Waals surface area contributed by atoms with Crippen LogP contribution in [0.2, 0.25) is 0 Å². The van der Waals surface area contributed by atoms with Crippen LogP contribution >= 0.6 is 0 Å². The van der Waals surface area contributed by atoms with Crippen LogP contribution < -0.4 is 15.4 Å². The summed E-state index contributed by atoms with van der Waals surface area (Å²) in [5.74, 6) is 0.199. The molecule has 1 aromatic carbocycles. The number of nitrogens with one attached hydrogen (secondary N) is 3. The van der Waals surface area contributed by atoms with E-state index < -0.39 is 34.0 Å². The van der Waals surface area contributed by atoms with Crippen molar-refractivity contribution in [3.05, 3.63) is 53.6 Å². The van der Waals surface area contributed by atoms with E-state index in [9.17, 15) is 21.6 Å². The van der Waals surface area contributed by atoms with Crippen LogP contribution in [0.1, 0.15) is 56.8 Å². The van der Waals surface area contributed by atoms with Gasteiger partial charge in [-0.15, -0.1) is 0 Å². The molecule has 1 unspecified atom stereocenters. The van der Waals surface area contributed by atoms with E-state index in [2.05, 4.69) is 27.5 Å². The van der Waals surface area contributed by atoms with Gasteiger partial charge >= 0.3 is 6.18 Å². The minimum absolute atomic E-state index is 0.0107. The fraction of sp³-hybridized carbons (Fsp3) is 0.615. The molecule has 1 fully saturated rings. The fourth-order valence-electron chi connectivity index (χ4n) is 5.36. The van der Waals surface area contributed by atoms with Crippen LogP contribution in [0.4, 0.5) is 18.9 Å². The third-order valence-electron chi connectivity index (χ3n) is 7.17. The second-order valence-corrected chi connectivity index (χ2v) is 12.2. The topological polar surface area (TPSA) is 79.5 Å². The van der Waals surface area contributed by atoms with Gasteiger partial charge in [0.1, 0.15) is 0 Å². The normalized spacial score (nSPS) is 28.0. The number of rotatable bonds is 9.